The summed E-state index contributed by atoms with van der Waals surface area (Å²) in [6.07, 6.45) is 1.07. The molecule has 1 amide bonds. The smallest absolute Gasteiger partial charge is 0.332 e. The molecule has 0 atom stereocenters. The van der Waals surface area contributed by atoms with Crippen LogP contribution in [0.2, 0.25) is 0 Å². The molecule has 0 unspecified atom stereocenters. The second-order valence-corrected chi connectivity index (χ2v) is 5.44. The van der Waals surface area contributed by atoms with E-state index in [1.54, 1.807) is 24.3 Å². The highest BCUT2D eigenvalue weighted by Crippen LogP contribution is 2.25. The van der Waals surface area contributed by atoms with E-state index in [9.17, 15) is 9.59 Å². The van der Waals surface area contributed by atoms with Gasteiger partial charge < -0.3 is 25.2 Å². The standard InChI is InChI=1S/C20H22N2O5/c1-26-19(24)13-17(20(25)21-14-15-7-3-2-4-8-15)22-16-9-5-6-10-18(16)27-12-11-23/h2-10,13,22-23H,11-12,14H2,1H3,(H,21,25)/b17-13+. The third-order valence-corrected chi connectivity index (χ3v) is 3.51. The van der Waals surface area contributed by atoms with Gasteiger partial charge in [-0.3, -0.25) is 4.79 Å². The normalized spacial score (nSPS) is 10.8. The lowest BCUT2D eigenvalue weighted by atomic mass is 10.2. The predicted molar refractivity (Wildman–Crippen MR) is 101 cm³/mol. The van der Waals surface area contributed by atoms with Crippen LogP contribution >= 0.6 is 0 Å². The van der Waals surface area contributed by atoms with Crippen molar-refractivity contribution in [3.8, 4) is 5.75 Å². The van der Waals surface area contributed by atoms with Crippen LogP contribution in [0.3, 0.4) is 0 Å². The summed E-state index contributed by atoms with van der Waals surface area (Å²) in [7, 11) is 1.23. The molecule has 2 rings (SSSR count). The Hall–Kier alpha value is -3.32. The Bertz CT molecular complexity index is 790. The lowest BCUT2D eigenvalue weighted by Crippen LogP contribution is -2.28. The minimum absolute atomic E-state index is 0.0119. The number of ether oxygens (including phenoxy) is 2. The van der Waals surface area contributed by atoms with Gasteiger partial charge in [0.2, 0.25) is 0 Å². The number of rotatable bonds is 9. The molecule has 3 N–H and O–H groups in total. The van der Waals surface area contributed by atoms with Crippen LogP contribution in [0.5, 0.6) is 5.75 Å². The number of hydrogen-bond donors (Lipinski definition) is 3. The summed E-state index contributed by atoms with van der Waals surface area (Å²) in [6.45, 7) is 0.272. The third kappa shape index (κ3) is 6.48. The Morgan fingerprint density at radius 1 is 1.07 bits per heavy atom. The fourth-order valence-corrected chi connectivity index (χ4v) is 2.21. The average molecular weight is 370 g/mol. The molecule has 0 heterocycles. The molecule has 0 bridgehead atoms. The van der Waals surface area contributed by atoms with Gasteiger partial charge in [-0.05, 0) is 17.7 Å². The van der Waals surface area contributed by atoms with Gasteiger partial charge in [-0.15, -0.1) is 0 Å². The summed E-state index contributed by atoms with van der Waals surface area (Å²) < 4.78 is 10.1. The molecule has 0 aliphatic rings. The highest BCUT2D eigenvalue weighted by atomic mass is 16.5. The molecular formula is C20H22N2O5. The summed E-state index contributed by atoms with van der Waals surface area (Å²) in [4.78, 5) is 24.2. The maximum atomic E-state index is 12.6. The van der Waals surface area contributed by atoms with Gasteiger partial charge in [-0.1, -0.05) is 42.5 Å². The minimum Gasteiger partial charge on any atom is -0.489 e. The number of aliphatic hydroxyl groups is 1. The lowest BCUT2D eigenvalue weighted by molar-refractivity contribution is -0.135. The van der Waals surface area contributed by atoms with Gasteiger partial charge in [0.05, 0.1) is 25.5 Å². The first-order chi connectivity index (χ1) is 13.1. The number of hydrogen-bond acceptors (Lipinski definition) is 6. The number of esters is 1. The SMILES string of the molecule is COC(=O)/C=C(/Nc1ccccc1OCCO)C(=O)NCc1ccccc1. The van der Waals surface area contributed by atoms with Gasteiger partial charge in [0.1, 0.15) is 18.1 Å². The van der Waals surface area contributed by atoms with Crippen molar-refractivity contribution < 1.29 is 24.2 Å². The fourth-order valence-electron chi connectivity index (χ4n) is 2.21. The first-order valence-corrected chi connectivity index (χ1v) is 8.35. The van der Waals surface area contributed by atoms with Crippen LogP contribution in [0, 0.1) is 0 Å². The molecule has 0 aliphatic heterocycles. The summed E-state index contributed by atoms with van der Waals surface area (Å²) in [5.41, 5.74) is 1.42. The summed E-state index contributed by atoms with van der Waals surface area (Å²) in [6, 6.07) is 16.3. The second kappa shape index (κ2) is 10.6. The highest BCUT2D eigenvalue weighted by Gasteiger charge is 2.14. The van der Waals surface area contributed by atoms with Crippen LogP contribution in [-0.2, 0) is 20.9 Å². The van der Waals surface area contributed by atoms with E-state index < -0.39 is 11.9 Å². The molecule has 2 aromatic carbocycles. The highest BCUT2D eigenvalue weighted by molar-refractivity contribution is 6.02. The number of methoxy groups -OCH3 is 1. The Morgan fingerprint density at radius 3 is 2.48 bits per heavy atom. The van der Waals surface area contributed by atoms with E-state index in [0.717, 1.165) is 11.6 Å². The van der Waals surface area contributed by atoms with E-state index in [1.807, 2.05) is 30.3 Å². The monoisotopic (exact) mass is 370 g/mol. The zero-order valence-corrected chi connectivity index (χ0v) is 15.0. The number of carbonyl (C=O) groups is 2. The van der Waals surface area contributed by atoms with Gasteiger partial charge in [0, 0.05) is 6.54 Å². The minimum atomic E-state index is -0.666. The number of anilines is 1. The second-order valence-electron chi connectivity index (χ2n) is 5.44. The van der Waals surface area contributed by atoms with Crippen molar-refractivity contribution in [1.82, 2.24) is 5.32 Å². The van der Waals surface area contributed by atoms with E-state index in [0.29, 0.717) is 18.0 Å². The Balaban J connectivity index is 2.16. The topological polar surface area (TPSA) is 96.9 Å². The van der Waals surface area contributed by atoms with E-state index in [2.05, 4.69) is 15.4 Å². The van der Waals surface area contributed by atoms with Crippen LogP contribution in [0.1, 0.15) is 5.56 Å². The van der Waals surface area contributed by atoms with Crippen LogP contribution in [0.15, 0.2) is 66.4 Å². The molecule has 0 saturated heterocycles. The van der Waals surface area contributed by atoms with Crippen LogP contribution in [0.4, 0.5) is 5.69 Å². The first-order valence-electron chi connectivity index (χ1n) is 8.35. The van der Waals surface area contributed by atoms with Crippen LogP contribution in [0.25, 0.3) is 0 Å². The number of amides is 1. The molecule has 0 aromatic heterocycles. The molecule has 142 valence electrons. The van der Waals surface area contributed by atoms with Gasteiger partial charge in [0.25, 0.3) is 5.91 Å². The van der Waals surface area contributed by atoms with Crippen LogP contribution < -0.4 is 15.4 Å². The van der Waals surface area contributed by atoms with Gasteiger partial charge in [0.15, 0.2) is 0 Å². The quantitative estimate of drug-likeness (QED) is 0.460. The largest absolute Gasteiger partial charge is 0.489 e. The van der Waals surface area contributed by atoms with E-state index in [4.69, 9.17) is 9.84 Å². The summed E-state index contributed by atoms with van der Waals surface area (Å²) in [5, 5.41) is 14.6. The van der Waals surface area contributed by atoms with Crippen LogP contribution in [-0.4, -0.2) is 37.3 Å². The molecule has 0 spiro atoms. The molecule has 0 saturated carbocycles. The van der Waals surface area contributed by atoms with Gasteiger partial charge >= 0.3 is 5.97 Å². The third-order valence-electron chi connectivity index (χ3n) is 3.51. The molecule has 7 heteroatoms. The Kier molecular flexibility index (Phi) is 7.87. The molecule has 27 heavy (non-hydrogen) atoms. The number of para-hydroxylation sites is 2. The van der Waals surface area contributed by atoms with Crippen molar-refractivity contribution in [2.24, 2.45) is 0 Å². The van der Waals surface area contributed by atoms with Crippen molar-refractivity contribution in [1.29, 1.82) is 0 Å². The van der Waals surface area contributed by atoms with Crippen molar-refractivity contribution in [3.05, 3.63) is 71.9 Å². The molecular weight excluding hydrogens is 348 g/mol. The number of carbonyl (C=O) groups excluding carboxylic acids is 2. The summed E-state index contributed by atoms with van der Waals surface area (Å²) >= 11 is 0. The van der Waals surface area contributed by atoms with Crippen molar-refractivity contribution in [2.75, 3.05) is 25.6 Å². The molecule has 0 fully saturated rings. The van der Waals surface area contributed by atoms with E-state index in [-0.39, 0.29) is 18.9 Å². The van der Waals surface area contributed by atoms with Crippen molar-refractivity contribution >= 4 is 17.6 Å². The van der Waals surface area contributed by atoms with Gasteiger partial charge in [-0.2, -0.15) is 0 Å². The molecule has 0 aliphatic carbocycles. The van der Waals surface area contributed by atoms with E-state index in [1.165, 1.54) is 7.11 Å². The predicted octanol–water partition coefficient (Wildman–Crippen LogP) is 1.84. The molecule has 7 nitrogen and oxygen atoms in total. The van der Waals surface area contributed by atoms with Gasteiger partial charge in [-0.25, -0.2) is 4.79 Å². The van der Waals surface area contributed by atoms with E-state index >= 15 is 0 Å². The Morgan fingerprint density at radius 2 is 1.78 bits per heavy atom. The first kappa shape index (κ1) is 20.0. The maximum absolute atomic E-state index is 12.6. The number of benzene rings is 2. The van der Waals surface area contributed by atoms with Crippen molar-refractivity contribution in [2.45, 2.75) is 6.54 Å². The number of nitrogens with one attached hydrogen (secondary N) is 2. The summed E-state index contributed by atoms with van der Waals surface area (Å²) in [5.74, 6) is -0.694. The Labute approximate surface area is 157 Å². The fraction of sp³-hybridized carbons (Fsp3) is 0.200. The molecule has 2 aromatic rings. The van der Waals surface area contributed by atoms with Crippen molar-refractivity contribution in [3.63, 3.8) is 0 Å². The number of aliphatic hydroxyl groups excluding tert-OH is 1. The average Bonchev–Trinajstić information content (AvgIpc) is 2.71. The lowest BCUT2D eigenvalue weighted by Gasteiger charge is -2.15. The zero-order chi connectivity index (χ0) is 19.5. The molecule has 0 radical (unpaired) electrons. The zero-order valence-electron chi connectivity index (χ0n) is 15.0. The maximum Gasteiger partial charge on any atom is 0.332 e.